The topological polar surface area (TPSA) is 116 Å². The summed E-state index contributed by atoms with van der Waals surface area (Å²) in [5.74, 6) is -2.15. The van der Waals surface area contributed by atoms with Crippen LogP contribution in [0.3, 0.4) is 0 Å². The first-order valence-electron chi connectivity index (χ1n) is 16.8. The second-order valence-electron chi connectivity index (χ2n) is 14.5. The van der Waals surface area contributed by atoms with Crippen molar-refractivity contribution in [1.29, 1.82) is 0 Å². The first-order chi connectivity index (χ1) is 21.8. The summed E-state index contributed by atoms with van der Waals surface area (Å²) in [4.78, 5) is 19.4. The fourth-order valence-corrected chi connectivity index (χ4v) is 7.94. The van der Waals surface area contributed by atoms with E-state index in [0.717, 1.165) is 17.7 Å². The van der Waals surface area contributed by atoms with Crippen LogP contribution in [-0.4, -0.2) is 77.5 Å². The van der Waals surface area contributed by atoms with E-state index in [1.165, 1.54) is 5.57 Å². The van der Waals surface area contributed by atoms with E-state index in [1.807, 2.05) is 12.2 Å². The smallest absolute Gasteiger partial charge is 0.316 e. The molecule has 4 aliphatic heterocycles. The van der Waals surface area contributed by atoms with Gasteiger partial charge in [-0.1, -0.05) is 74.9 Å². The average Bonchev–Trinajstić information content (AvgIpc) is 3.31. The van der Waals surface area contributed by atoms with Crippen molar-refractivity contribution >= 4 is 11.7 Å². The summed E-state index contributed by atoms with van der Waals surface area (Å²) < 4.78 is 26.0. The summed E-state index contributed by atoms with van der Waals surface area (Å²) in [6.45, 7) is 14.6. The van der Waals surface area contributed by atoms with Crippen molar-refractivity contribution in [3.8, 4) is 0 Å². The lowest BCUT2D eigenvalue weighted by Gasteiger charge is -2.50. The maximum Gasteiger partial charge on any atom is 0.316 e. The van der Waals surface area contributed by atoms with Gasteiger partial charge < -0.3 is 34.0 Å². The highest BCUT2D eigenvalue weighted by Gasteiger charge is 2.60. The number of nitrogens with zero attached hydrogens (tertiary/aromatic N) is 1. The molecule has 0 aromatic rings. The molecule has 2 bridgehead atoms. The van der Waals surface area contributed by atoms with Crippen LogP contribution < -0.4 is 0 Å². The standard InChI is InChI=1S/C37H53NO8/c1-21(2)14-25(6)33-26(7)31(38-42-8)19-36(46-33)18-29-17-28(45-36)13-12-23(4)15-22(3)10-9-11-27-20-43-34-32(39)24(5)16-30(35(40)44-29)37(27,34)41/h9-12,14,16,21-22,26,28-30,32-34,39,41H,13,15,17-20H2,1-8H3/b10-9+,23-12+,25-14+,27-11+,38-31+/t22-,26?,28?,29?,30?,32?,33?,34+,36?,37+/m0/s1. The molecule has 0 aromatic heterocycles. The normalized spacial score (nSPS) is 44.5. The lowest BCUT2D eigenvalue weighted by atomic mass is 9.71. The van der Waals surface area contributed by atoms with Gasteiger partial charge >= 0.3 is 5.97 Å². The molecule has 5 rings (SSSR count). The Kier molecular flexibility index (Phi) is 10.5. The van der Waals surface area contributed by atoms with Crippen molar-refractivity contribution in [2.75, 3.05) is 13.7 Å². The third-order valence-electron chi connectivity index (χ3n) is 10.1. The predicted molar refractivity (Wildman–Crippen MR) is 176 cm³/mol. The zero-order valence-corrected chi connectivity index (χ0v) is 28.7. The second-order valence-corrected chi connectivity index (χ2v) is 14.5. The number of allylic oxidation sites excluding steroid dienone is 5. The number of hydrogen-bond acceptors (Lipinski definition) is 9. The lowest BCUT2D eigenvalue weighted by Crippen LogP contribution is -2.59. The Morgan fingerprint density at radius 2 is 1.96 bits per heavy atom. The maximum atomic E-state index is 14.2. The van der Waals surface area contributed by atoms with E-state index in [1.54, 1.807) is 20.1 Å². The van der Waals surface area contributed by atoms with Gasteiger partial charge in [0.1, 0.15) is 36.9 Å². The van der Waals surface area contributed by atoms with Crippen LogP contribution in [0.4, 0.5) is 0 Å². The summed E-state index contributed by atoms with van der Waals surface area (Å²) in [7, 11) is 1.55. The molecule has 0 aromatic carbocycles. The zero-order chi connectivity index (χ0) is 33.4. The summed E-state index contributed by atoms with van der Waals surface area (Å²) in [6.07, 6.45) is 11.4. The van der Waals surface area contributed by atoms with Crippen molar-refractivity contribution in [1.82, 2.24) is 0 Å². The quantitative estimate of drug-likeness (QED) is 0.229. The highest BCUT2D eigenvalue weighted by atomic mass is 16.7. The number of aliphatic hydroxyl groups is 2. The minimum atomic E-state index is -1.74. The van der Waals surface area contributed by atoms with E-state index in [9.17, 15) is 15.0 Å². The minimum Gasteiger partial charge on any atom is -0.462 e. The minimum absolute atomic E-state index is 0.0340. The zero-order valence-electron chi connectivity index (χ0n) is 28.7. The number of esters is 1. The summed E-state index contributed by atoms with van der Waals surface area (Å²) in [5, 5.41) is 27.6. The van der Waals surface area contributed by atoms with Gasteiger partial charge in [0.15, 0.2) is 5.79 Å². The first-order valence-corrected chi connectivity index (χ1v) is 16.8. The number of rotatable bonds is 3. The van der Waals surface area contributed by atoms with Gasteiger partial charge in [-0.2, -0.15) is 0 Å². The molecule has 254 valence electrons. The maximum absolute atomic E-state index is 14.2. The molecule has 10 atom stereocenters. The van der Waals surface area contributed by atoms with Gasteiger partial charge in [-0.25, -0.2) is 0 Å². The monoisotopic (exact) mass is 639 g/mol. The van der Waals surface area contributed by atoms with Crippen LogP contribution in [0.1, 0.15) is 80.6 Å². The number of carbonyl (C=O) groups is 1. The van der Waals surface area contributed by atoms with Crippen LogP contribution in [0, 0.1) is 23.7 Å². The molecule has 0 saturated carbocycles. The molecular weight excluding hydrogens is 586 g/mol. The molecule has 7 unspecified atom stereocenters. The lowest BCUT2D eigenvalue weighted by molar-refractivity contribution is -0.313. The van der Waals surface area contributed by atoms with Gasteiger partial charge in [-0.15, -0.1) is 0 Å². The summed E-state index contributed by atoms with van der Waals surface area (Å²) >= 11 is 0. The van der Waals surface area contributed by atoms with Gasteiger partial charge in [0.05, 0.1) is 24.5 Å². The first kappa shape index (κ1) is 34.8. The van der Waals surface area contributed by atoms with Crippen LogP contribution >= 0.6 is 0 Å². The van der Waals surface area contributed by atoms with Crippen LogP contribution in [0.2, 0.25) is 0 Å². The van der Waals surface area contributed by atoms with Gasteiger partial charge in [0.2, 0.25) is 0 Å². The Morgan fingerprint density at radius 1 is 1.20 bits per heavy atom. The fraction of sp³-hybridized carbons (Fsp3) is 0.676. The van der Waals surface area contributed by atoms with E-state index in [2.05, 4.69) is 64.9 Å². The number of ether oxygens (including phenoxy) is 4. The molecule has 9 nitrogen and oxygen atoms in total. The highest BCUT2D eigenvalue weighted by Crippen LogP contribution is 2.47. The molecular formula is C37H53NO8. The number of carbonyl (C=O) groups excluding carboxylic acids is 1. The Balaban J connectivity index is 1.55. The second kappa shape index (κ2) is 13.9. The summed E-state index contributed by atoms with van der Waals surface area (Å²) in [6, 6.07) is 0. The molecule has 0 amide bonds. The molecule has 1 aliphatic carbocycles. The fourth-order valence-electron chi connectivity index (χ4n) is 7.94. The third kappa shape index (κ3) is 6.99. The van der Waals surface area contributed by atoms with Gasteiger partial charge in [-0.3, -0.25) is 4.79 Å². The molecule has 1 spiro atoms. The van der Waals surface area contributed by atoms with Crippen molar-refractivity contribution in [3.05, 3.63) is 58.7 Å². The Morgan fingerprint density at radius 3 is 2.67 bits per heavy atom. The predicted octanol–water partition coefficient (Wildman–Crippen LogP) is 5.73. The van der Waals surface area contributed by atoms with Crippen molar-refractivity contribution < 1.29 is 38.8 Å². The molecule has 0 radical (unpaired) electrons. The summed E-state index contributed by atoms with van der Waals surface area (Å²) in [5.41, 5.74) is 2.54. The van der Waals surface area contributed by atoms with Crippen LogP contribution in [0.25, 0.3) is 0 Å². The largest absolute Gasteiger partial charge is 0.462 e. The van der Waals surface area contributed by atoms with Gasteiger partial charge in [-0.05, 0) is 62.2 Å². The molecule has 2 N–H and O–H groups in total. The van der Waals surface area contributed by atoms with E-state index in [4.69, 9.17) is 23.8 Å². The van der Waals surface area contributed by atoms with Crippen LogP contribution in [-0.2, 0) is 28.6 Å². The van der Waals surface area contributed by atoms with E-state index < -0.39 is 41.6 Å². The van der Waals surface area contributed by atoms with Crippen molar-refractivity contribution in [2.45, 2.75) is 122 Å². The molecule has 3 saturated heterocycles. The van der Waals surface area contributed by atoms with Crippen molar-refractivity contribution in [2.24, 2.45) is 28.8 Å². The number of fused-ring (bicyclic) bond motifs is 2. The van der Waals surface area contributed by atoms with Crippen molar-refractivity contribution in [3.63, 3.8) is 0 Å². The van der Waals surface area contributed by atoms with E-state index >= 15 is 0 Å². The molecule has 46 heavy (non-hydrogen) atoms. The molecule has 4 heterocycles. The Hall–Kier alpha value is -2.56. The Labute approximate surface area is 274 Å². The average molecular weight is 640 g/mol. The third-order valence-corrected chi connectivity index (χ3v) is 10.1. The van der Waals surface area contributed by atoms with Gasteiger partial charge in [0.25, 0.3) is 0 Å². The van der Waals surface area contributed by atoms with Crippen LogP contribution in [0.15, 0.2) is 63.9 Å². The van der Waals surface area contributed by atoms with Crippen LogP contribution in [0.5, 0.6) is 0 Å². The Bertz CT molecular complexity index is 1340. The number of hydrogen-bond donors (Lipinski definition) is 2. The van der Waals surface area contributed by atoms with E-state index in [0.29, 0.717) is 42.7 Å². The molecule has 3 fully saturated rings. The SMILES string of the molecule is CO/N=C1\CC2(CC3CC(C/C=C(\C)C[C@@H](C)/C=C/C=C4\CO[C@@H]5C(O)C(C)=CC(C(=O)O3)[C@]45O)O2)OC(/C(C)=C/C(C)C)C1C. The molecule has 5 aliphatic rings. The van der Waals surface area contributed by atoms with Gasteiger partial charge in [0, 0.05) is 25.2 Å². The van der Waals surface area contributed by atoms with E-state index in [-0.39, 0.29) is 30.7 Å². The number of oxime groups is 1. The highest BCUT2D eigenvalue weighted by molar-refractivity contribution is 5.88. The number of aliphatic hydroxyl groups excluding tert-OH is 1. The molecule has 9 heteroatoms.